The van der Waals surface area contributed by atoms with Gasteiger partial charge in [0.15, 0.2) is 0 Å². The van der Waals surface area contributed by atoms with Crippen LogP contribution in [0.5, 0.6) is 11.6 Å². The van der Waals surface area contributed by atoms with Crippen molar-refractivity contribution < 1.29 is 19.0 Å². The van der Waals surface area contributed by atoms with Crippen molar-refractivity contribution in [3.8, 4) is 11.6 Å². The van der Waals surface area contributed by atoms with Crippen LogP contribution in [-0.2, 0) is 11.3 Å². The largest absolute Gasteiger partial charge is 0.497 e. The van der Waals surface area contributed by atoms with Crippen LogP contribution in [0.25, 0.3) is 10.9 Å². The fraction of sp³-hybridized carbons (Fsp3) is 0.360. The highest BCUT2D eigenvalue weighted by Crippen LogP contribution is 2.39. The van der Waals surface area contributed by atoms with E-state index in [4.69, 9.17) is 19.2 Å². The summed E-state index contributed by atoms with van der Waals surface area (Å²) in [6.45, 7) is 2.34. The number of carbonyl (C=O) groups excluding carboxylic acids is 1. The molecule has 31 heavy (non-hydrogen) atoms. The van der Waals surface area contributed by atoms with E-state index in [2.05, 4.69) is 17.4 Å². The molecule has 3 aromatic rings. The van der Waals surface area contributed by atoms with Gasteiger partial charge in [0.1, 0.15) is 17.9 Å². The molecule has 2 aromatic carbocycles. The summed E-state index contributed by atoms with van der Waals surface area (Å²) in [7, 11) is 3.43. The number of anilines is 1. The summed E-state index contributed by atoms with van der Waals surface area (Å²) in [5.74, 6) is 1.20. The van der Waals surface area contributed by atoms with Gasteiger partial charge in [0.2, 0.25) is 5.88 Å². The highest BCUT2D eigenvalue weighted by Gasteiger charge is 2.25. The lowest BCUT2D eigenvalue weighted by Crippen LogP contribution is -2.13. The van der Waals surface area contributed by atoms with Crippen molar-refractivity contribution in [1.29, 1.82) is 0 Å². The molecule has 1 saturated carbocycles. The second kappa shape index (κ2) is 9.25. The van der Waals surface area contributed by atoms with E-state index in [1.165, 1.54) is 24.8 Å². The van der Waals surface area contributed by atoms with E-state index in [1.807, 2.05) is 30.3 Å². The predicted octanol–water partition coefficient (Wildman–Crippen LogP) is 5.31. The van der Waals surface area contributed by atoms with Crippen LogP contribution in [0.4, 0.5) is 5.69 Å². The average Bonchev–Trinajstić information content (AvgIpc) is 2.75. The number of benzene rings is 2. The minimum Gasteiger partial charge on any atom is -0.497 e. The van der Waals surface area contributed by atoms with Gasteiger partial charge in [-0.3, -0.25) is 0 Å². The van der Waals surface area contributed by atoms with Crippen molar-refractivity contribution in [2.75, 3.05) is 26.1 Å². The number of methoxy groups -OCH3 is 1. The van der Waals surface area contributed by atoms with Crippen LogP contribution >= 0.6 is 0 Å². The Hall–Kier alpha value is -3.28. The van der Waals surface area contributed by atoms with Gasteiger partial charge in [-0.2, -0.15) is 0 Å². The Morgan fingerprint density at radius 2 is 1.94 bits per heavy atom. The third kappa shape index (κ3) is 4.29. The smallest absolute Gasteiger partial charge is 0.345 e. The van der Waals surface area contributed by atoms with E-state index in [9.17, 15) is 4.79 Å². The molecule has 0 aliphatic heterocycles. The summed E-state index contributed by atoms with van der Waals surface area (Å²) in [5, 5.41) is 4.05. The number of esters is 1. The number of hydrogen-bond acceptors (Lipinski definition) is 6. The van der Waals surface area contributed by atoms with Crippen LogP contribution in [-0.4, -0.2) is 31.7 Å². The van der Waals surface area contributed by atoms with Gasteiger partial charge in [-0.05, 0) is 55.0 Å². The molecule has 0 unspecified atom stereocenters. The van der Waals surface area contributed by atoms with E-state index in [1.54, 1.807) is 21.1 Å². The van der Waals surface area contributed by atoms with Crippen molar-refractivity contribution in [1.82, 2.24) is 4.98 Å². The van der Waals surface area contributed by atoms with Gasteiger partial charge in [-0.1, -0.05) is 30.7 Å². The van der Waals surface area contributed by atoms with Gasteiger partial charge in [-0.15, -0.1) is 0 Å². The molecule has 1 aliphatic carbocycles. The number of ether oxygens (including phenoxy) is 3. The third-order valence-corrected chi connectivity index (χ3v) is 5.82. The maximum atomic E-state index is 12.8. The van der Waals surface area contributed by atoms with Crippen LogP contribution in [0.1, 0.15) is 53.6 Å². The van der Waals surface area contributed by atoms with Gasteiger partial charge in [0.05, 0.1) is 24.9 Å². The lowest BCUT2D eigenvalue weighted by molar-refractivity contribution is 0.0521. The molecule has 0 bridgehead atoms. The summed E-state index contributed by atoms with van der Waals surface area (Å²) in [5.41, 5.74) is 4.05. The van der Waals surface area contributed by atoms with Crippen molar-refractivity contribution in [2.24, 2.45) is 0 Å². The Labute approximate surface area is 182 Å². The highest BCUT2D eigenvalue weighted by molar-refractivity contribution is 6.07. The molecular weight excluding hydrogens is 392 g/mol. The molecule has 1 aromatic heterocycles. The van der Waals surface area contributed by atoms with Gasteiger partial charge in [0, 0.05) is 12.4 Å². The SMILES string of the molecule is CCOC(=O)c1c(OCc2ccc(OC)cc2)nc2cc(C3CCC3)ccc2c1NC. The monoisotopic (exact) mass is 420 g/mol. The lowest BCUT2D eigenvalue weighted by atomic mass is 9.80. The number of aromatic nitrogens is 1. The summed E-state index contributed by atoms with van der Waals surface area (Å²) in [4.78, 5) is 17.6. The fourth-order valence-electron chi connectivity index (χ4n) is 3.89. The van der Waals surface area contributed by atoms with Crippen LogP contribution in [0, 0.1) is 0 Å². The number of fused-ring (bicyclic) bond motifs is 1. The van der Waals surface area contributed by atoms with Gasteiger partial charge < -0.3 is 19.5 Å². The normalized spacial score (nSPS) is 13.5. The highest BCUT2D eigenvalue weighted by atomic mass is 16.5. The second-order valence-electron chi connectivity index (χ2n) is 7.68. The van der Waals surface area contributed by atoms with Crippen LogP contribution in [0.3, 0.4) is 0 Å². The number of pyridine rings is 1. The molecule has 1 N–H and O–H groups in total. The van der Waals surface area contributed by atoms with E-state index in [-0.39, 0.29) is 19.1 Å². The van der Waals surface area contributed by atoms with E-state index in [0.29, 0.717) is 17.2 Å². The molecular formula is C25H28N2O4. The molecule has 1 aliphatic rings. The first-order valence-electron chi connectivity index (χ1n) is 10.7. The van der Waals surface area contributed by atoms with Crippen molar-refractivity contribution in [3.63, 3.8) is 0 Å². The minimum atomic E-state index is -0.450. The topological polar surface area (TPSA) is 69.7 Å². The van der Waals surface area contributed by atoms with E-state index in [0.717, 1.165) is 22.2 Å². The van der Waals surface area contributed by atoms with Gasteiger partial charge >= 0.3 is 5.97 Å². The van der Waals surface area contributed by atoms with Crippen molar-refractivity contribution in [3.05, 3.63) is 59.2 Å². The standard InChI is InChI=1S/C25H28N2O4/c1-4-30-25(28)22-23(26-2)20-13-10-18(17-6-5-7-17)14-21(20)27-24(22)31-15-16-8-11-19(29-3)12-9-16/h8-14,17H,4-7,15H2,1-3H3,(H,26,27). The van der Waals surface area contributed by atoms with E-state index >= 15 is 0 Å². The molecule has 4 rings (SSSR count). The van der Waals surface area contributed by atoms with Crippen molar-refractivity contribution >= 4 is 22.6 Å². The molecule has 6 nitrogen and oxygen atoms in total. The predicted molar refractivity (Wildman–Crippen MR) is 121 cm³/mol. The minimum absolute atomic E-state index is 0.275. The lowest BCUT2D eigenvalue weighted by Gasteiger charge is -2.26. The van der Waals surface area contributed by atoms with Crippen molar-refractivity contribution in [2.45, 2.75) is 38.7 Å². The zero-order valence-corrected chi connectivity index (χ0v) is 18.2. The quantitative estimate of drug-likeness (QED) is 0.498. The van der Waals surface area contributed by atoms with Crippen LogP contribution in [0.2, 0.25) is 0 Å². The number of carbonyl (C=O) groups is 1. The Kier molecular flexibility index (Phi) is 6.26. The van der Waals surface area contributed by atoms with Gasteiger partial charge in [-0.25, -0.2) is 9.78 Å². The zero-order valence-electron chi connectivity index (χ0n) is 18.2. The third-order valence-electron chi connectivity index (χ3n) is 5.82. The van der Waals surface area contributed by atoms with Gasteiger partial charge in [0.25, 0.3) is 0 Å². The molecule has 0 spiro atoms. The molecule has 1 fully saturated rings. The first-order chi connectivity index (χ1) is 15.1. The zero-order chi connectivity index (χ0) is 21.8. The average molecular weight is 421 g/mol. The number of nitrogens with one attached hydrogen (secondary N) is 1. The Morgan fingerprint density at radius 3 is 2.55 bits per heavy atom. The maximum Gasteiger partial charge on any atom is 0.345 e. The number of rotatable bonds is 8. The number of nitrogens with zero attached hydrogens (tertiary/aromatic N) is 1. The molecule has 0 atom stereocenters. The Morgan fingerprint density at radius 1 is 1.16 bits per heavy atom. The second-order valence-corrected chi connectivity index (χ2v) is 7.68. The fourth-order valence-corrected chi connectivity index (χ4v) is 3.89. The molecule has 0 radical (unpaired) electrons. The number of hydrogen-bond donors (Lipinski definition) is 1. The molecule has 0 amide bonds. The molecule has 0 saturated heterocycles. The molecule has 1 heterocycles. The Bertz CT molecular complexity index is 1080. The summed E-state index contributed by atoms with van der Waals surface area (Å²) < 4.78 is 16.6. The summed E-state index contributed by atoms with van der Waals surface area (Å²) >= 11 is 0. The first kappa shape index (κ1) is 21.0. The maximum absolute atomic E-state index is 12.8. The summed E-state index contributed by atoms with van der Waals surface area (Å²) in [6, 6.07) is 13.9. The summed E-state index contributed by atoms with van der Waals surface area (Å²) in [6.07, 6.45) is 3.70. The van der Waals surface area contributed by atoms with Crippen LogP contribution < -0.4 is 14.8 Å². The Balaban J connectivity index is 1.74. The molecule has 162 valence electrons. The van der Waals surface area contributed by atoms with E-state index < -0.39 is 5.97 Å². The molecule has 6 heteroatoms. The first-order valence-corrected chi connectivity index (χ1v) is 10.7. The van der Waals surface area contributed by atoms with Crippen LogP contribution in [0.15, 0.2) is 42.5 Å².